The number of fused-ring (bicyclic) bond motifs is 1. The lowest BCUT2D eigenvalue weighted by atomic mass is 10.1. The Hall–Kier alpha value is -2.17. The molecule has 2 aromatic heterocycles. The van der Waals surface area contributed by atoms with Crippen molar-refractivity contribution in [2.75, 3.05) is 7.11 Å². The number of aromatic amines is 1. The maximum absolute atomic E-state index is 11.5. The predicted octanol–water partition coefficient (Wildman–Crippen LogP) is 1.94. The Morgan fingerprint density at radius 2 is 2.18 bits per heavy atom. The summed E-state index contributed by atoms with van der Waals surface area (Å²) in [4.78, 5) is 29.8. The fourth-order valence-electron chi connectivity index (χ4n) is 1.59. The van der Waals surface area contributed by atoms with Gasteiger partial charge in [-0.3, -0.25) is 4.79 Å². The number of ether oxygens (including phenoxy) is 1. The normalized spacial score (nSPS) is 10.5. The van der Waals surface area contributed by atoms with Gasteiger partial charge in [0.2, 0.25) is 0 Å². The van der Waals surface area contributed by atoms with Gasteiger partial charge < -0.3 is 9.72 Å². The number of rotatable bonds is 3. The second-order valence-electron chi connectivity index (χ2n) is 3.61. The van der Waals surface area contributed by atoms with E-state index in [9.17, 15) is 9.59 Å². The first kappa shape index (κ1) is 11.3. The third-order valence-corrected chi connectivity index (χ3v) is 2.52. The van der Waals surface area contributed by atoms with Crippen molar-refractivity contribution in [2.45, 2.75) is 13.3 Å². The van der Waals surface area contributed by atoms with Crippen LogP contribution in [0.15, 0.2) is 18.3 Å². The van der Waals surface area contributed by atoms with E-state index in [-0.39, 0.29) is 5.78 Å². The molecule has 0 spiro atoms. The summed E-state index contributed by atoms with van der Waals surface area (Å²) in [6.45, 7) is 1.80. The summed E-state index contributed by atoms with van der Waals surface area (Å²) < 4.78 is 4.60. The minimum absolute atomic E-state index is 0.0280. The molecule has 0 unspecified atom stereocenters. The van der Waals surface area contributed by atoms with Crippen LogP contribution in [0.4, 0.5) is 0 Å². The highest BCUT2D eigenvalue weighted by Crippen LogP contribution is 2.16. The van der Waals surface area contributed by atoms with Crippen LogP contribution in [-0.2, 0) is 4.74 Å². The van der Waals surface area contributed by atoms with E-state index in [0.717, 1.165) is 5.39 Å². The number of methoxy groups -OCH3 is 1. The summed E-state index contributed by atoms with van der Waals surface area (Å²) in [5.41, 5.74) is 1.45. The molecule has 2 heterocycles. The van der Waals surface area contributed by atoms with Gasteiger partial charge in [-0.15, -0.1) is 0 Å². The van der Waals surface area contributed by atoms with Crippen LogP contribution in [0.1, 0.15) is 34.2 Å². The Balaban J connectivity index is 2.48. The fraction of sp³-hybridized carbons (Fsp3) is 0.250. The Morgan fingerprint density at radius 3 is 2.82 bits per heavy atom. The lowest BCUT2D eigenvalue weighted by Gasteiger charge is -1.96. The van der Waals surface area contributed by atoms with Gasteiger partial charge in [0.15, 0.2) is 5.78 Å². The Bertz CT molecular complexity index is 572. The largest absolute Gasteiger partial charge is 0.464 e. The van der Waals surface area contributed by atoms with E-state index in [4.69, 9.17) is 0 Å². The van der Waals surface area contributed by atoms with Gasteiger partial charge in [-0.2, -0.15) is 0 Å². The number of Topliss-reactive ketones (excluding diaryl/α,β-unsaturated/α-hetero) is 1. The van der Waals surface area contributed by atoms with E-state index in [1.165, 1.54) is 13.3 Å². The standard InChI is InChI=1S/C12H12N2O3/c1-3-10(15)8-4-7-5-9(12(16)17-2)14-11(7)13-6-8/h4-6H,3H2,1-2H3,(H,13,14). The van der Waals surface area contributed by atoms with Crippen LogP contribution < -0.4 is 0 Å². The van der Waals surface area contributed by atoms with E-state index in [0.29, 0.717) is 23.3 Å². The van der Waals surface area contributed by atoms with Gasteiger partial charge in [-0.1, -0.05) is 6.92 Å². The molecule has 0 aliphatic rings. The van der Waals surface area contributed by atoms with E-state index >= 15 is 0 Å². The van der Waals surface area contributed by atoms with Crippen LogP contribution in [-0.4, -0.2) is 28.8 Å². The zero-order valence-electron chi connectivity index (χ0n) is 9.61. The van der Waals surface area contributed by atoms with Crippen molar-refractivity contribution in [3.8, 4) is 0 Å². The Morgan fingerprint density at radius 1 is 1.41 bits per heavy atom. The number of H-pyrrole nitrogens is 1. The molecule has 0 aliphatic heterocycles. The minimum Gasteiger partial charge on any atom is -0.464 e. The average molecular weight is 232 g/mol. The Labute approximate surface area is 97.8 Å². The molecule has 0 radical (unpaired) electrons. The summed E-state index contributed by atoms with van der Waals surface area (Å²) >= 11 is 0. The number of aromatic nitrogens is 2. The zero-order chi connectivity index (χ0) is 12.4. The molecule has 5 nitrogen and oxygen atoms in total. The molecule has 5 heteroatoms. The van der Waals surface area contributed by atoms with E-state index < -0.39 is 5.97 Å². The van der Waals surface area contributed by atoms with Crippen LogP contribution in [0.2, 0.25) is 0 Å². The number of nitrogens with zero attached hydrogens (tertiary/aromatic N) is 1. The van der Waals surface area contributed by atoms with Crippen LogP contribution >= 0.6 is 0 Å². The first-order valence-corrected chi connectivity index (χ1v) is 5.26. The monoisotopic (exact) mass is 232 g/mol. The molecule has 17 heavy (non-hydrogen) atoms. The molecule has 1 N–H and O–H groups in total. The number of ketones is 1. The highest BCUT2D eigenvalue weighted by Gasteiger charge is 2.11. The van der Waals surface area contributed by atoms with Gasteiger partial charge in [0.1, 0.15) is 11.3 Å². The maximum atomic E-state index is 11.5. The third kappa shape index (κ3) is 2.04. The number of nitrogens with one attached hydrogen (secondary N) is 1. The van der Waals surface area contributed by atoms with Crippen molar-refractivity contribution in [3.63, 3.8) is 0 Å². The lowest BCUT2D eigenvalue weighted by molar-refractivity contribution is 0.0595. The average Bonchev–Trinajstić information content (AvgIpc) is 2.79. The van der Waals surface area contributed by atoms with E-state index in [1.54, 1.807) is 19.1 Å². The van der Waals surface area contributed by atoms with Crippen molar-refractivity contribution in [1.82, 2.24) is 9.97 Å². The van der Waals surface area contributed by atoms with Crippen molar-refractivity contribution < 1.29 is 14.3 Å². The molecular formula is C12H12N2O3. The molecule has 2 aromatic rings. The molecule has 88 valence electrons. The van der Waals surface area contributed by atoms with E-state index in [1.807, 2.05) is 0 Å². The molecule has 0 aliphatic carbocycles. The molecule has 0 atom stereocenters. The van der Waals surface area contributed by atoms with Crippen molar-refractivity contribution in [3.05, 3.63) is 29.6 Å². The topological polar surface area (TPSA) is 72.0 Å². The summed E-state index contributed by atoms with van der Waals surface area (Å²) in [7, 11) is 1.31. The second-order valence-corrected chi connectivity index (χ2v) is 3.61. The maximum Gasteiger partial charge on any atom is 0.354 e. The van der Waals surface area contributed by atoms with Gasteiger partial charge in [0.25, 0.3) is 0 Å². The molecule has 0 saturated heterocycles. The summed E-state index contributed by atoms with van der Waals surface area (Å²) in [5.74, 6) is -0.424. The van der Waals surface area contributed by atoms with Crippen molar-refractivity contribution >= 4 is 22.8 Å². The summed E-state index contributed by atoms with van der Waals surface area (Å²) in [6, 6.07) is 3.34. The second kappa shape index (κ2) is 4.37. The molecule has 0 amide bonds. The highest BCUT2D eigenvalue weighted by molar-refractivity contribution is 6.00. The van der Waals surface area contributed by atoms with Gasteiger partial charge in [-0.05, 0) is 12.1 Å². The molecule has 0 fully saturated rings. The number of carbonyl (C=O) groups excluding carboxylic acids is 2. The smallest absolute Gasteiger partial charge is 0.354 e. The van der Waals surface area contributed by atoms with Gasteiger partial charge in [0, 0.05) is 23.6 Å². The number of carbonyl (C=O) groups is 2. The van der Waals surface area contributed by atoms with Crippen molar-refractivity contribution in [1.29, 1.82) is 0 Å². The van der Waals surface area contributed by atoms with E-state index in [2.05, 4.69) is 14.7 Å². The van der Waals surface area contributed by atoms with Crippen LogP contribution in [0.5, 0.6) is 0 Å². The SMILES string of the molecule is CCC(=O)c1cnc2[nH]c(C(=O)OC)cc2c1. The minimum atomic E-state index is -0.452. The molecule has 2 rings (SSSR count). The first-order valence-electron chi connectivity index (χ1n) is 5.26. The number of hydrogen-bond donors (Lipinski definition) is 1. The van der Waals surface area contributed by atoms with Crippen LogP contribution in [0.3, 0.4) is 0 Å². The molecule has 0 bridgehead atoms. The summed E-state index contributed by atoms with van der Waals surface area (Å²) in [5, 5.41) is 0.727. The first-order chi connectivity index (χ1) is 8.15. The Kier molecular flexibility index (Phi) is 2.91. The van der Waals surface area contributed by atoms with Gasteiger partial charge in [-0.25, -0.2) is 9.78 Å². The van der Waals surface area contributed by atoms with Gasteiger partial charge >= 0.3 is 5.97 Å². The lowest BCUT2D eigenvalue weighted by Crippen LogP contribution is -2.00. The molecular weight excluding hydrogens is 220 g/mol. The van der Waals surface area contributed by atoms with Crippen molar-refractivity contribution in [2.24, 2.45) is 0 Å². The third-order valence-electron chi connectivity index (χ3n) is 2.52. The predicted molar refractivity (Wildman–Crippen MR) is 62.1 cm³/mol. The molecule has 0 saturated carbocycles. The van der Waals surface area contributed by atoms with Crippen LogP contribution in [0, 0.1) is 0 Å². The van der Waals surface area contributed by atoms with Crippen LogP contribution in [0.25, 0.3) is 11.0 Å². The zero-order valence-corrected chi connectivity index (χ0v) is 9.61. The molecule has 0 aromatic carbocycles. The fourth-order valence-corrected chi connectivity index (χ4v) is 1.59. The summed E-state index contributed by atoms with van der Waals surface area (Å²) in [6.07, 6.45) is 1.94. The number of pyridine rings is 1. The number of esters is 1. The number of hydrogen-bond acceptors (Lipinski definition) is 4. The highest BCUT2D eigenvalue weighted by atomic mass is 16.5. The quantitative estimate of drug-likeness (QED) is 0.648. The van der Waals surface area contributed by atoms with Gasteiger partial charge in [0.05, 0.1) is 7.11 Å².